The molecule has 1 N–H and O–H groups in total. The number of rotatable bonds is 3. The van der Waals surface area contributed by atoms with Gasteiger partial charge in [-0.05, 0) is 38.0 Å². The van der Waals surface area contributed by atoms with Gasteiger partial charge in [0.15, 0.2) is 0 Å². The summed E-state index contributed by atoms with van der Waals surface area (Å²) in [6.45, 7) is 2.00. The van der Waals surface area contributed by atoms with E-state index in [0.717, 1.165) is 19.3 Å². The highest BCUT2D eigenvalue weighted by atomic mass is 16.1. The van der Waals surface area contributed by atoms with E-state index in [4.69, 9.17) is 5.26 Å². The Kier molecular flexibility index (Phi) is 2.95. The monoisotopic (exact) mass is 206 g/mol. The van der Waals surface area contributed by atoms with Gasteiger partial charge in [0.1, 0.15) is 0 Å². The lowest BCUT2D eigenvalue weighted by Gasteiger charge is -2.18. The maximum Gasteiger partial charge on any atom is 0.223 e. The van der Waals surface area contributed by atoms with Crippen molar-refractivity contribution < 1.29 is 4.79 Å². The molecule has 2 rings (SSSR count). The second kappa shape index (κ2) is 4.22. The van der Waals surface area contributed by atoms with Crippen molar-refractivity contribution in [2.45, 2.75) is 45.1 Å². The fourth-order valence-electron chi connectivity index (χ4n) is 2.41. The van der Waals surface area contributed by atoms with Gasteiger partial charge in [0.2, 0.25) is 5.91 Å². The Morgan fingerprint density at radius 3 is 2.73 bits per heavy atom. The highest BCUT2D eigenvalue weighted by molar-refractivity contribution is 5.79. The molecule has 3 atom stereocenters. The molecule has 82 valence electrons. The van der Waals surface area contributed by atoms with E-state index in [0.29, 0.717) is 5.92 Å². The molecule has 0 aromatic heterocycles. The normalized spacial score (nSPS) is 32.0. The lowest BCUT2D eigenvalue weighted by molar-refractivity contribution is -0.125. The minimum Gasteiger partial charge on any atom is -0.352 e. The van der Waals surface area contributed by atoms with Crippen molar-refractivity contribution in [1.29, 1.82) is 5.26 Å². The molecule has 0 aromatic carbocycles. The smallest absolute Gasteiger partial charge is 0.223 e. The molecule has 2 aliphatic carbocycles. The molecule has 1 amide bonds. The molecule has 2 fully saturated rings. The topological polar surface area (TPSA) is 52.9 Å². The van der Waals surface area contributed by atoms with Crippen LogP contribution in [0.25, 0.3) is 0 Å². The first kappa shape index (κ1) is 10.5. The Labute approximate surface area is 90.8 Å². The maximum absolute atomic E-state index is 11.8. The molecule has 0 heterocycles. The van der Waals surface area contributed by atoms with Crippen LogP contribution in [0.4, 0.5) is 0 Å². The van der Waals surface area contributed by atoms with Crippen LogP contribution >= 0.6 is 0 Å². The van der Waals surface area contributed by atoms with Crippen LogP contribution in [0.1, 0.15) is 39.0 Å². The summed E-state index contributed by atoms with van der Waals surface area (Å²) in [6.07, 6.45) is 5.38. The third-order valence-electron chi connectivity index (χ3n) is 3.75. The summed E-state index contributed by atoms with van der Waals surface area (Å²) in [5.41, 5.74) is 0. The molecule has 3 nitrogen and oxygen atoms in total. The first-order valence-electron chi connectivity index (χ1n) is 5.92. The van der Waals surface area contributed by atoms with Gasteiger partial charge in [-0.15, -0.1) is 0 Å². The highest BCUT2D eigenvalue weighted by Crippen LogP contribution is 2.37. The molecule has 0 aromatic rings. The molecule has 0 spiro atoms. The number of carbonyl (C=O) groups excluding carboxylic acids is 1. The van der Waals surface area contributed by atoms with Gasteiger partial charge in [-0.1, -0.05) is 6.92 Å². The molecule has 2 saturated carbocycles. The molecule has 15 heavy (non-hydrogen) atoms. The van der Waals surface area contributed by atoms with E-state index in [1.807, 2.05) is 6.92 Å². The Morgan fingerprint density at radius 2 is 2.13 bits per heavy atom. The first-order valence-corrected chi connectivity index (χ1v) is 5.92. The van der Waals surface area contributed by atoms with Gasteiger partial charge in [0.05, 0.1) is 12.0 Å². The molecular weight excluding hydrogens is 188 g/mol. The molecular formula is C12H18N2O. The van der Waals surface area contributed by atoms with Gasteiger partial charge in [-0.25, -0.2) is 0 Å². The van der Waals surface area contributed by atoms with Crippen LogP contribution < -0.4 is 5.32 Å². The van der Waals surface area contributed by atoms with E-state index >= 15 is 0 Å². The van der Waals surface area contributed by atoms with Crippen LogP contribution in [-0.2, 0) is 4.79 Å². The predicted octanol–water partition coefficient (Wildman–Crippen LogP) is 1.84. The van der Waals surface area contributed by atoms with Crippen molar-refractivity contribution in [3.63, 3.8) is 0 Å². The Balaban J connectivity index is 1.85. The second-order valence-corrected chi connectivity index (χ2v) is 4.91. The summed E-state index contributed by atoms with van der Waals surface area (Å²) in [4.78, 5) is 11.8. The second-order valence-electron chi connectivity index (χ2n) is 4.91. The molecule has 3 unspecified atom stereocenters. The molecule has 0 aliphatic heterocycles. The number of carbonyl (C=O) groups is 1. The zero-order valence-corrected chi connectivity index (χ0v) is 9.20. The predicted molar refractivity (Wildman–Crippen MR) is 56.8 cm³/mol. The van der Waals surface area contributed by atoms with E-state index in [9.17, 15) is 4.79 Å². The first-order chi connectivity index (χ1) is 7.22. The molecule has 0 radical (unpaired) electrons. The highest BCUT2D eigenvalue weighted by Gasteiger charge is 2.35. The fraction of sp³-hybridized carbons (Fsp3) is 0.833. The average Bonchev–Trinajstić information content (AvgIpc) is 2.99. The number of amides is 1. The lowest BCUT2D eigenvalue weighted by Crippen LogP contribution is -2.40. The van der Waals surface area contributed by atoms with Crippen molar-refractivity contribution in [2.24, 2.45) is 17.8 Å². The van der Waals surface area contributed by atoms with Crippen molar-refractivity contribution in [3.8, 4) is 6.07 Å². The van der Waals surface area contributed by atoms with Crippen LogP contribution in [0.15, 0.2) is 0 Å². The molecule has 3 heteroatoms. The Hall–Kier alpha value is -1.04. The minimum atomic E-state index is 0.0420. The Bertz CT molecular complexity index is 290. The van der Waals surface area contributed by atoms with Crippen molar-refractivity contribution in [3.05, 3.63) is 0 Å². The maximum atomic E-state index is 11.8. The van der Waals surface area contributed by atoms with Gasteiger partial charge >= 0.3 is 0 Å². The van der Waals surface area contributed by atoms with E-state index < -0.39 is 0 Å². The zero-order chi connectivity index (χ0) is 10.8. The van der Waals surface area contributed by atoms with Crippen molar-refractivity contribution in [2.75, 3.05) is 0 Å². The van der Waals surface area contributed by atoms with Gasteiger partial charge in [-0.2, -0.15) is 5.26 Å². The SMILES string of the molecule is CC(C(=O)NC1CCCC1C#N)C1CC1. The van der Waals surface area contributed by atoms with E-state index in [2.05, 4.69) is 11.4 Å². The van der Waals surface area contributed by atoms with Crippen LogP contribution in [0.5, 0.6) is 0 Å². The summed E-state index contributed by atoms with van der Waals surface area (Å²) in [5.74, 6) is 0.946. The third-order valence-corrected chi connectivity index (χ3v) is 3.75. The summed E-state index contributed by atoms with van der Waals surface area (Å²) in [6, 6.07) is 2.40. The van der Waals surface area contributed by atoms with Gasteiger partial charge < -0.3 is 5.32 Å². The minimum absolute atomic E-state index is 0.0420. The number of hydrogen-bond acceptors (Lipinski definition) is 2. The van der Waals surface area contributed by atoms with Gasteiger partial charge in [0.25, 0.3) is 0 Å². The van der Waals surface area contributed by atoms with E-state index in [1.54, 1.807) is 0 Å². The third kappa shape index (κ3) is 2.31. The largest absolute Gasteiger partial charge is 0.352 e. The molecule has 2 aliphatic rings. The van der Waals surface area contributed by atoms with Gasteiger partial charge in [-0.3, -0.25) is 4.79 Å². The van der Waals surface area contributed by atoms with Crippen molar-refractivity contribution >= 4 is 5.91 Å². The summed E-state index contributed by atoms with van der Waals surface area (Å²) < 4.78 is 0. The van der Waals surface area contributed by atoms with E-state index in [1.165, 1.54) is 12.8 Å². The van der Waals surface area contributed by atoms with Crippen LogP contribution in [0.2, 0.25) is 0 Å². The lowest BCUT2D eigenvalue weighted by atomic mass is 10.0. The van der Waals surface area contributed by atoms with Crippen LogP contribution in [-0.4, -0.2) is 11.9 Å². The van der Waals surface area contributed by atoms with Gasteiger partial charge in [0, 0.05) is 12.0 Å². The number of nitrogens with zero attached hydrogens (tertiary/aromatic N) is 1. The van der Waals surface area contributed by atoms with Crippen LogP contribution in [0, 0.1) is 29.1 Å². The Morgan fingerprint density at radius 1 is 1.40 bits per heavy atom. The number of hydrogen-bond donors (Lipinski definition) is 1. The van der Waals surface area contributed by atoms with Crippen molar-refractivity contribution in [1.82, 2.24) is 5.32 Å². The van der Waals surface area contributed by atoms with Crippen LogP contribution in [0.3, 0.4) is 0 Å². The molecule has 0 saturated heterocycles. The summed E-state index contributed by atoms with van der Waals surface area (Å²) >= 11 is 0. The van der Waals surface area contributed by atoms with E-state index in [-0.39, 0.29) is 23.8 Å². The number of nitrogens with one attached hydrogen (secondary N) is 1. The standard InChI is InChI=1S/C12H18N2O/c1-8(9-5-6-9)12(15)14-11-4-2-3-10(11)7-13/h8-11H,2-6H2,1H3,(H,14,15). The quantitative estimate of drug-likeness (QED) is 0.766. The molecule has 0 bridgehead atoms. The summed E-state index contributed by atoms with van der Waals surface area (Å²) in [5, 5.41) is 11.9. The number of nitriles is 1. The fourth-order valence-corrected chi connectivity index (χ4v) is 2.41. The summed E-state index contributed by atoms with van der Waals surface area (Å²) in [7, 11) is 0. The average molecular weight is 206 g/mol. The zero-order valence-electron chi connectivity index (χ0n) is 9.20.